The predicted octanol–water partition coefficient (Wildman–Crippen LogP) is 1.80. The van der Waals surface area contributed by atoms with Crippen LogP contribution in [0.3, 0.4) is 0 Å². The summed E-state index contributed by atoms with van der Waals surface area (Å²) in [5.41, 5.74) is -1.62. The third-order valence-corrected chi connectivity index (χ3v) is 3.90. The van der Waals surface area contributed by atoms with E-state index in [1.807, 2.05) is 6.07 Å². The summed E-state index contributed by atoms with van der Waals surface area (Å²) in [5.74, 6) is -2.97. The number of nitriles is 1. The van der Waals surface area contributed by atoms with Gasteiger partial charge in [0.25, 0.3) is 0 Å². The second-order valence-electron chi connectivity index (χ2n) is 6.15. The van der Waals surface area contributed by atoms with E-state index in [9.17, 15) is 14.9 Å². The quantitative estimate of drug-likeness (QED) is 0.417. The van der Waals surface area contributed by atoms with E-state index in [-0.39, 0.29) is 32.3 Å². The lowest BCUT2D eigenvalue weighted by Crippen LogP contribution is -2.49. The first-order valence-electron chi connectivity index (χ1n) is 8.02. The van der Waals surface area contributed by atoms with Crippen molar-refractivity contribution in [3.8, 4) is 6.07 Å². The summed E-state index contributed by atoms with van der Waals surface area (Å²) in [5, 5.41) is 9.80. The van der Waals surface area contributed by atoms with E-state index < -0.39 is 29.2 Å². The van der Waals surface area contributed by atoms with Gasteiger partial charge in [-0.1, -0.05) is 27.7 Å². The van der Waals surface area contributed by atoms with Crippen LogP contribution >= 0.6 is 0 Å². The molecule has 0 aliphatic heterocycles. The average Bonchev–Trinajstić information content (AvgIpc) is 2.51. The first kappa shape index (κ1) is 22.4. The minimum Gasteiger partial charge on any atom is -0.463 e. The van der Waals surface area contributed by atoms with Crippen molar-refractivity contribution >= 4 is 11.9 Å². The van der Waals surface area contributed by atoms with Crippen molar-refractivity contribution in [1.82, 2.24) is 0 Å². The molecule has 138 valence electrons. The lowest BCUT2D eigenvalue weighted by atomic mass is 9.64. The van der Waals surface area contributed by atoms with Gasteiger partial charge < -0.3 is 18.9 Å². The molecule has 7 nitrogen and oxygen atoms in total. The molecule has 2 atom stereocenters. The molecule has 0 radical (unpaired) electrons. The zero-order valence-electron chi connectivity index (χ0n) is 15.5. The van der Waals surface area contributed by atoms with Gasteiger partial charge >= 0.3 is 11.9 Å². The second kappa shape index (κ2) is 11.0. The van der Waals surface area contributed by atoms with Crippen molar-refractivity contribution in [2.24, 2.45) is 23.2 Å². The fraction of sp³-hybridized carbons (Fsp3) is 0.824. The van der Waals surface area contributed by atoms with E-state index in [1.165, 1.54) is 14.2 Å². The lowest BCUT2D eigenvalue weighted by molar-refractivity contribution is -0.172. The van der Waals surface area contributed by atoms with E-state index in [0.29, 0.717) is 0 Å². The topological polar surface area (TPSA) is 94.9 Å². The number of methoxy groups -OCH3 is 2. The Bertz CT molecular complexity index is 443. The zero-order valence-corrected chi connectivity index (χ0v) is 15.5. The highest BCUT2D eigenvalue weighted by Crippen LogP contribution is 2.41. The van der Waals surface area contributed by atoms with Crippen LogP contribution in [-0.4, -0.2) is 52.6 Å². The molecule has 0 N–H and O–H groups in total. The highest BCUT2D eigenvalue weighted by Gasteiger charge is 2.55. The SMILES string of the molecule is COCCOC(=O)C(C(C)C)C(C#N)(C(=O)OCCOC)C(C)C. The first-order chi connectivity index (χ1) is 11.3. The summed E-state index contributed by atoms with van der Waals surface area (Å²) in [6, 6.07) is 2.05. The summed E-state index contributed by atoms with van der Waals surface area (Å²) in [7, 11) is 2.98. The van der Waals surface area contributed by atoms with Gasteiger partial charge in [-0.15, -0.1) is 0 Å². The van der Waals surface area contributed by atoms with Crippen LogP contribution in [0, 0.1) is 34.5 Å². The summed E-state index contributed by atoms with van der Waals surface area (Å²) in [6.07, 6.45) is 0. The molecule has 0 aromatic rings. The lowest BCUT2D eigenvalue weighted by Gasteiger charge is -2.36. The smallest absolute Gasteiger partial charge is 0.327 e. The van der Waals surface area contributed by atoms with Crippen LogP contribution in [0.1, 0.15) is 27.7 Å². The third kappa shape index (κ3) is 5.46. The molecule has 0 aliphatic carbocycles. The molecule has 7 heteroatoms. The van der Waals surface area contributed by atoms with Crippen LogP contribution in [-0.2, 0) is 28.5 Å². The molecule has 0 amide bonds. The van der Waals surface area contributed by atoms with E-state index >= 15 is 0 Å². The van der Waals surface area contributed by atoms with Gasteiger partial charge in [0.15, 0.2) is 5.41 Å². The predicted molar refractivity (Wildman–Crippen MR) is 86.9 cm³/mol. The fourth-order valence-electron chi connectivity index (χ4n) is 2.60. The van der Waals surface area contributed by atoms with Crippen molar-refractivity contribution < 1.29 is 28.5 Å². The number of ether oxygens (including phenoxy) is 4. The Kier molecular flexibility index (Phi) is 10.2. The van der Waals surface area contributed by atoms with Crippen LogP contribution in [0.2, 0.25) is 0 Å². The van der Waals surface area contributed by atoms with Crippen LogP contribution < -0.4 is 0 Å². The molecule has 0 saturated heterocycles. The number of hydrogen-bond acceptors (Lipinski definition) is 7. The molecule has 0 rings (SSSR count). The third-order valence-electron chi connectivity index (χ3n) is 3.90. The molecule has 0 aliphatic rings. The maximum atomic E-state index is 12.7. The van der Waals surface area contributed by atoms with Crippen molar-refractivity contribution in [2.45, 2.75) is 27.7 Å². The maximum absolute atomic E-state index is 12.7. The van der Waals surface area contributed by atoms with E-state index in [1.54, 1.807) is 27.7 Å². The summed E-state index contributed by atoms with van der Waals surface area (Å²) in [4.78, 5) is 25.2. The number of carbonyl (C=O) groups is 2. The standard InChI is InChI=1S/C17H29NO6/c1-12(2)14(15(19)23-9-7-21-5)17(11-18,13(3)4)16(20)24-10-8-22-6/h12-14H,7-10H2,1-6H3. The largest absolute Gasteiger partial charge is 0.463 e. The molecule has 0 fully saturated rings. The van der Waals surface area contributed by atoms with Crippen molar-refractivity contribution in [3.05, 3.63) is 0 Å². The Hall–Kier alpha value is -1.65. The van der Waals surface area contributed by atoms with E-state index in [4.69, 9.17) is 18.9 Å². The Labute approximate surface area is 144 Å². The number of nitrogens with zero attached hydrogens (tertiary/aromatic N) is 1. The normalized spacial score (nSPS) is 14.8. The highest BCUT2D eigenvalue weighted by molar-refractivity contribution is 5.88. The molecular weight excluding hydrogens is 314 g/mol. The van der Waals surface area contributed by atoms with Gasteiger partial charge in [0.2, 0.25) is 0 Å². The number of rotatable bonds is 11. The summed E-state index contributed by atoms with van der Waals surface area (Å²) in [6.45, 7) is 7.55. The second-order valence-corrected chi connectivity index (χ2v) is 6.15. The molecule has 2 unspecified atom stereocenters. The molecule has 0 aromatic heterocycles. The van der Waals surface area contributed by atoms with Gasteiger partial charge in [-0.05, 0) is 11.8 Å². The van der Waals surface area contributed by atoms with Gasteiger partial charge in [-0.25, -0.2) is 0 Å². The van der Waals surface area contributed by atoms with Crippen LogP contribution in [0.4, 0.5) is 0 Å². The van der Waals surface area contributed by atoms with Crippen molar-refractivity contribution in [2.75, 3.05) is 40.6 Å². The van der Waals surface area contributed by atoms with Crippen LogP contribution in [0.15, 0.2) is 0 Å². The summed E-state index contributed by atoms with van der Waals surface area (Å²) < 4.78 is 20.1. The molecule has 0 saturated carbocycles. The fourth-order valence-corrected chi connectivity index (χ4v) is 2.60. The molecule has 0 spiro atoms. The van der Waals surface area contributed by atoms with Gasteiger partial charge in [-0.3, -0.25) is 9.59 Å². The molecule has 0 bridgehead atoms. The zero-order chi connectivity index (χ0) is 18.8. The number of hydrogen-bond donors (Lipinski definition) is 0. The number of carbonyl (C=O) groups excluding carboxylic acids is 2. The van der Waals surface area contributed by atoms with Gasteiger partial charge in [0, 0.05) is 14.2 Å². The highest BCUT2D eigenvalue weighted by atomic mass is 16.6. The van der Waals surface area contributed by atoms with Crippen LogP contribution in [0.25, 0.3) is 0 Å². The monoisotopic (exact) mass is 343 g/mol. The van der Waals surface area contributed by atoms with Gasteiger partial charge in [0.05, 0.1) is 25.2 Å². The molecular formula is C17H29NO6. The van der Waals surface area contributed by atoms with Gasteiger partial charge in [-0.2, -0.15) is 5.26 Å². The van der Waals surface area contributed by atoms with Crippen LogP contribution in [0.5, 0.6) is 0 Å². The van der Waals surface area contributed by atoms with E-state index in [0.717, 1.165) is 0 Å². The Morgan fingerprint density at radius 3 is 1.83 bits per heavy atom. The minimum absolute atomic E-state index is 0.0228. The Balaban J connectivity index is 5.58. The summed E-state index contributed by atoms with van der Waals surface area (Å²) >= 11 is 0. The number of esters is 2. The van der Waals surface area contributed by atoms with Crippen molar-refractivity contribution in [1.29, 1.82) is 5.26 Å². The maximum Gasteiger partial charge on any atom is 0.327 e. The van der Waals surface area contributed by atoms with Gasteiger partial charge in [0.1, 0.15) is 13.2 Å². The molecule has 0 heterocycles. The molecule has 0 aromatic carbocycles. The Morgan fingerprint density at radius 1 is 0.958 bits per heavy atom. The Morgan fingerprint density at radius 2 is 1.46 bits per heavy atom. The molecule has 24 heavy (non-hydrogen) atoms. The van der Waals surface area contributed by atoms with Crippen molar-refractivity contribution in [3.63, 3.8) is 0 Å². The first-order valence-corrected chi connectivity index (χ1v) is 8.02. The minimum atomic E-state index is -1.62. The van der Waals surface area contributed by atoms with E-state index in [2.05, 4.69) is 0 Å². The average molecular weight is 343 g/mol.